The highest BCUT2D eigenvalue weighted by atomic mass is 35.5. The summed E-state index contributed by atoms with van der Waals surface area (Å²) in [5.41, 5.74) is 3.56. The first-order valence-corrected chi connectivity index (χ1v) is 11.9. The van der Waals surface area contributed by atoms with E-state index in [-0.39, 0.29) is 18.2 Å². The Morgan fingerprint density at radius 2 is 1.23 bits per heavy atom. The van der Waals surface area contributed by atoms with E-state index in [9.17, 15) is 9.59 Å². The Labute approximate surface area is 211 Å². The summed E-state index contributed by atoms with van der Waals surface area (Å²) in [6.45, 7) is 0.659. The standard InChI is InChI=1S/C30H27ClN2O2/c31-27-18-16-24(17-19-27)21-32-30(35)29(26-14-8-3-9-15-26)33(22-25-12-6-2-7-13-25)28(34)20-23-10-4-1-5-11-23/h1-19,29H,20-22H2,(H,32,35)/t29-/m0/s1. The topological polar surface area (TPSA) is 49.4 Å². The second-order valence-corrected chi connectivity index (χ2v) is 8.76. The van der Waals surface area contributed by atoms with Gasteiger partial charge in [0.05, 0.1) is 6.42 Å². The predicted molar refractivity (Wildman–Crippen MR) is 140 cm³/mol. The zero-order valence-corrected chi connectivity index (χ0v) is 20.1. The van der Waals surface area contributed by atoms with Crippen molar-refractivity contribution < 1.29 is 9.59 Å². The fourth-order valence-corrected chi connectivity index (χ4v) is 4.10. The number of carbonyl (C=O) groups excluding carboxylic acids is 2. The van der Waals surface area contributed by atoms with Crippen molar-refractivity contribution in [3.63, 3.8) is 0 Å². The van der Waals surface area contributed by atoms with E-state index in [2.05, 4.69) is 5.32 Å². The highest BCUT2D eigenvalue weighted by Crippen LogP contribution is 2.25. The van der Waals surface area contributed by atoms with Crippen LogP contribution >= 0.6 is 11.6 Å². The average molecular weight is 483 g/mol. The summed E-state index contributed by atoms with van der Waals surface area (Å²) in [5.74, 6) is -0.348. The molecule has 0 radical (unpaired) electrons. The maximum Gasteiger partial charge on any atom is 0.247 e. The minimum absolute atomic E-state index is 0.115. The molecule has 0 aliphatic carbocycles. The van der Waals surface area contributed by atoms with Crippen LogP contribution in [0.15, 0.2) is 115 Å². The molecule has 4 rings (SSSR count). The van der Waals surface area contributed by atoms with Crippen LogP contribution in [-0.2, 0) is 29.1 Å². The highest BCUT2D eigenvalue weighted by molar-refractivity contribution is 6.30. The van der Waals surface area contributed by atoms with E-state index in [4.69, 9.17) is 11.6 Å². The zero-order valence-electron chi connectivity index (χ0n) is 19.3. The molecular formula is C30H27ClN2O2. The molecule has 1 N–H and O–H groups in total. The molecule has 176 valence electrons. The fraction of sp³-hybridized carbons (Fsp3) is 0.133. The lowest BCUT2D eigenvalue weighted by atomic mass is 10.0. The fourth-order valence-electron chi connectivity index (χ4n) is 3.97. The normalized spacial score (nSPS) is 11.5. The third kappa shape index (κ3) is 6.81. The van der Waals surface area contributed by atoms with E-state index in [0.29, 0.717) is 18.1 Å². The minimum Gasteiger partial charge on any atom is -0.350 e. The monoisotopic (exact) mass is 482 g/mol. The highest BCUT2D eigenvalue weighted by Gasteiger charge is 2.31. The van der Waals surface area contributed by atoms with E-state index < -0.39 is 6.04 Å². The van der Waals surface area contributed by atoms with Crippen molar-refractivity contribution in [1.29, 1.82) is 0 Å². The van der Waals surface area contributed by atoms with E-state index in [1.165, 1.54) is 0 Å². The van der Waals surface area contributed by atoms with Gasteiger partial charge in [0.25, 0.3) is 0 Å². The Hall–Kier alpha value is -3.89. The van der Waals surface area contributed by atoms with Crippen molar-refractivity contribution in [1.82, 2.24) is 10.2 Å². The van der Waals surface area contributed by atoms with Gasteiger partial charge >= 0.3 is 0 Å². The first kappa shape index (κ1) is 24.2. The number of hydrogen-bond donors (Lipinski definition) is 1. The van der Waals surface area contributed by atoms with Crippen LogP contribution in [-0.4, -0.2) is 16.7 Å². The molecule has 0 saturated heterocycles. The molecule has 2 amide bonds. The molecule has 0 aliphatic heterocycles. The van der Waals surface area contributed by atoms with Gasteiger partial charge in [0.1, 0.15) is 6.04 Å². The van der Waals surface area contributed by atoms with Gasteiger partial charge in [-0.1, -0.05) is 115 Å². The van der Waals surface area contributed by atoms with Crippen LogP contribution in [0.2, 0.25) is 5.02 Å². The molecule has 0 bridgehead atoms. The molecule has 0 saturated carbocycles. The second kappa shape index (κ2) is 12.0. The Kier molecular flexibility index (Phi) is 8.31. The van der Waals surface area contributed by atoms with Crippen molar-refractivity contribution >= 4 is 23.4 Å². The minimum atomic E-state index is -0.778. The van der Waals surface area contributed by atoms with Crippen LogP contribution in [0.5, 0.6) is 0 Å². The van der Waals surface area contributed by atoms with Gasteiger partial charge < -0.3 is 10.2 Å². The lowest BCUT2D eigenvalue weighted by Gasteiger charge is -2.32. The van der Waals surface area contributed by atoms with Gasteiger partial charge in [0.15, 0.2) is 0 Å². The molecule has 4 aromatic carbocycles. The SMILES string of the molecule is O=C(NCc1ccc(Cl)cc1)[C@H](c1ccccc1)N(Cc1ccccc1)C(=O)Cc1ccccc1. The molecule has 0 heterocycles. The van der Waals surface area contributed by atoms with Crippen molar-refractivity contribution in [3.05, 3.63) is 143 Å². The molecule has 0 aromatic heterocycles. The van der Waals surface area contributed by atoms with Gasteiger partial charge in [0, 0.05) is 18.1 Å². The van der Waals surface area contributed by atoms with Crippen LogP contribution in [0.3, 0.4) is 0 Å². The summed E-state index contributed by atoms with van der Waals surface area (Å²) < 4.78 is 0. The molecule has 1 atom stereocenters. The van der Waals surface area contributed by atoms with E-state index in [0.717, 1.165) is 22.3 Å². The number of nitrogens with one attached hydrogen (secondary N) is 1. The Morgan fingerprint density at radius 1 is 0.686 bits per heavy atom. The molecule has 0 spiro atoms. The van der Waals surface area contributed by atoms with Gasteiger partial charge in [-0.05, 0) is 34.4 Å². The van der Waals surface area contributed by atoms with Gasteiger partial charge in [-0.2, -0.15) is 0 Å². The Balaban J connectivity index is 1.65. The molecular weight excluding hydrogens is 456 g/mol. The van der Waals surface area contributed by atoms with Gasteiger partial charge in [0.2, 0.25) is 11.8 Å². The largest absolute Gasteiger partial charge is 0.350 e. The summed E-state index contributed by atoms with van der Waals surface area (Å²) in [6, 6.07) is 35.4. The zero-order chi connectivity index (χ0) is 24.5. The maximum absolute atomic E-state index is 13.7. The van der Waals surface area contributed by atoms with Crippen molar-refractivity contribution in [2.75, 3.05) is 0 Å². The second-order valence-electron chi connectivity index (χ2n) is 8.33. The number of carbonyl (C=O) groups is 2. The summed E-state index contributed by atoms with van der Waals surface area (Å²) in [5, 5.41) is 3.67. The number of hydrogen-bond acceptors (Lipinski definition) is 2. The summed E-state index contributed by atoms with van der Waals surface area (Å²) >= 11 is 5.99. The van der Waals surface area contributed by atoms with Crippen LogP contribution < -0.4 is 5.32 Å². The van der Waals surface area contributed by atoms with Crippen molar-refractivity contribution in [2.24, 2.45) is 0 Å². The summed E-state index contributed by atoms with van der Waals surface area (Å²) in [7, 11) is 0. The smallest absolute Gasteiger partial charge is 0.247 e. The number of amides is 2. The van der Waals surface area contributed by atoms with Crippen LogP contribution in [0, 0.1) is 0 Å². The van der Waals surface area contributed by atoms with Crippen molar-refractivity contribution in [2.45, 2.75) is 25.6 Å². The van der Waals surface area contributed by atoms with E-state index in [1.54, 1.807) is 17.0 Å². The molecule has 0 unspecified atom stereocenters. The number of benzene rings is 4. The maximum atomic E-state index is 13.7. The molecule has 35 heavy (non-hydrogen) atoms. The molecule has 4 aromatic rings. The Bertz CT molecular complexity index is 1230. The predicted octanol–water partition coefficient (Wildman–Crippen LogP) is 5.97. The summed E-state index contributed by atoms with van der Waals surface area (Å²) in [6.07, 6.45) is 0.210. The van der Waals surface area contributed by atoms with Crippen molar-refractivity contribution in [3.8, 4) is 0 Å². The van der Waals surface area contributed by atoms with Gasteiger partial charge in [-0.25, -0.2) is 0 Å². The number of halogens is 1. The first-order chi connectivity index (χ1) is 17.1. The Morgan fingerprint density at radius 3 is 1.83 bits per heavy atom. The molecule has 0 fully saturated rings. The lowest BCUT2D eigenvalue weighted by molar-refractivity contribution is -0.141. The van der Waals surface area contributed by atoms with E-state index >= 15 is 0 Å². The summed E-state index contributed by atoms with van der Waals surface area (Å²) in [4.78, 5) is 29.0. The van der Waals surface area contributed by atoms with Gasteiger partial charge in [-0.3, -0.25) is 9.59 Å². The number of nitrogens with zero attached hydrogens (tertiary/aromatic N) is 1. The third-order valence-corrected chi connectivity index (χ3v) is 6.02. The van der Waals surface area contributed by atoms with E-state index in [1.807, 2.05) is 103 Å². The lowest BCUT2D eigenvalue weighted by Crippen LogP contribution is -2.43. The van der Waals surface area contributed by atoms with Crippen LogP contribution in [0.25, 0.3) is 0 Å². The molecule has 0 aliphatic rings. The number of rotatable bonds is 9. The first-order valence-electron chi connectivity index (χ1n) is 11.5. The van der Waals surface area contributed by atoms with Crippen LogP contribution in [0.4, 0.5) is 0 Å². The quantitative estimate of drug-likeness (QED) is 0.319. The van der Waals surface area contributed by atoms with Gasteiger partial charge in [-0.15, -0.1) is 0 Å². The third-order valence-electron chi connectivity index (χ3n) is 5.77. The molecule has 4 nitrogen and oxygen atoms in total. The average Bonchev–Trinajstić information content (AvgIpc) is 2.90. The van der Waals surface area contributed by atoms with Crippen LogP contribution in [0.1, 0.15) is 28.3 Å². The molecule has 5 heteroatoms.